The first kappa shape index (κ1) is 28.4. The minimum absolute atomic E-state index is 0.100. The molecule has 2 aromatic carbocycles. The van der Waals surface area contributed by atoms with Gasteiger partial charge in [-0.3, -0.25) is 4.79 Å². The zero-order valence-electron chi connectivity index (χ0n) is 21.7. The second-order valence-corrected chi connectivity index (χ2v) is 9.60. The first-order chi connectivity index (χ1) is 17.9. The van der Waals surface area contributed by atoms with Gasteiger partial charge in [0.15, 0.2) is 5.15 Å². The van der Waals surface area contributed by atoms with Crippen LogP contribution in [0.1, 0.15) is 73.0 Å². The lowest BCUT2D eigenvalue weighted by Gasteiger charge is -2.23. The molecule has 0 aliphatic heterocycles. The number of esters is 1. The standard InChI is InChI=1S/C29H36ClN3O4/c1-4-6-15-25-31-27(30)24(18-34)33(25)17-22-13-10-14-23(16-22)28(35)32-26(20(3)5-2)29(36)37-19-21-11-8-7-9-12-21/h7-14,16,20,26,34H,4-6,15,17-19H2,1-3H3,(H,32,35)/t20-,26-/m0/s1. The van der Waals surface area contributed by atoms with Crippen LogP contribution < -0.4 is 5.32 Å². The largest absolute Gasteiger partial charge is 0.459 e. The molecule has 1 heterocycles. The molecule has 0 saturated heterocycles. The highest BCUT2D eigenvalue weighted by atomic mass is 35.5. The smallest absolute Gasteiger partial charge is 0.329 e. The predicted molar refractivity (Wildman–Crippen MR) is 144 cm³/mol. The summed E-state index contributed by atoms with van der Waals surface area (Å²) in [6, 6.07) is 15.9. The second kappa shape index (κ2) is 14.0. The Morgan fingerprint density at radius 3 is 2.51 bits per heavy atom. The Bertz CT molecular complexity index is 1180. The number of unbranched alkanes of at least 4 members (excludes halogenated alkanes) is 1. The normalized spacial score (nSPS) is 12.7. The number of carbonyl (C=O) groups is 2. The van der Waals surface area contributed by atoms with E-state index >= 15 is 0 Å². The number of hydrogen-bond donors (Lipinski definition) is 2. The van der Waals surface area contributed by atoms with Gasteiger partial charge in [0.1, 0.15) is 18.5 Å². The fourth-order valence-corrected chi connectivity index (χ4v) is 4.33. The molecular weight excluding hydrogens is 490 g/mol. The molecule has 2 atom stereocenters. The Morgan fingerprint density at radius 1 is 1.11 bits per heavy atom. The lowest BCUT2D eigenvalue weighted by molar-refractivity contribution is -0.148. The van der Waals surface area contributed by atoms with E-state index in [1.165, 1.54) is 0 Å². The summed E-state index contributed by atoms with van der Waals surface area (Å²) < 4.78 is 7.44. The topological polar surface area (TPSA) is 93.5 Å². The van der Waals surface area contributed by atoms with Crippen LogP contribution >= 0.6 is 11.6 Å². The van der Waals surface area contributed by atoms with Crippen LogP contribution in [0.25, 0.3) is 0 Å². The molecule has 198 valence electrons. The van der Waals surface area contributed by atoms with Gasteiger partial charge in [0.25, 0.3) is 5.91 Å². The molecule has 2 N–H and O–H groups in total. The Kier molecular flexibility index (Phi) is 10.7. The molecule has 0 aliphatic carbocycles. The van der Waals surface area contributed by atoms with Crippen molar-refractivity contribution < 1.29 is 19.4 Å². The lowest BCUT2D eigenvalue weighted by atomic mass is 9.98. The van der Waals surface area contributed by atoms with Gasteiger partial charge in [-0.15, -0.1) is 0 Å². The van der Waals surface area contributed by atoms with Crippen LogP contribution in [0.3, 0.4) is 0 Å². The number of benzene rings is 2. The molecule has 0 saturated carbocycles. The predicted octanol–water partition coefficient (Wildman–Crippen LogP) is 5.31. The number of aryl methyl sites for hydroxylation is 1. The highest BCUT2D eigenvalue weighted by Crippen LogP contribution is 2.21. The van der Waals surface area contributed by atoms with Crippen molar-refractivity contribution >= 4 is 23.5 Å². The van der Waals surface area contributed by atoms with Crippen molar-refractivity contribution in [3.05, 3.63) is 88.0 Å². The van der Waals surface area contributed by atoms with E-state index in [9.17, 15) is 14.7 Å². The number of nitrogens with one attached hydrogen (secondary N) is 1. The van der Waals surface area contributed by atoms with Crippen LogP contribution in [0.4, 0.5) is 0 Å². The number of hydrogen-bond acceptors (Lipinski definition) is 5. The average molecular weight is 526 g/mol. The van der Waals surface area contributed by atoms with E-state index in [2.05, 4.69) is 17.2 Å². The van der Waals surface area contributed by atoms with Crippen LogP contribution in [0.2, 0.25) is 5.15 Å². The van der Waals surface area contributed by atoms with Crippen LogP contribution in [0, 0.1) is 5.92 Å². The van der Waals surface area contributed by atoms with E-state index in [0.29, 0.717) is 29.4 Å². The quantitative estimate of drug-likeness (QED) is 0.295. The van der Waals surface area contributed by atoms with Crippen LogP contribution in [-0.2, 0) is 35.7 Å². The average Bonchev–Trinajstić information content (AvgIpc) is 3.22. The maximum Gasteiger partial charge on any atom is 0.329 e. The van der Waals surface area contributed by atoms with Crippen molar-refractivity contribution in [3.8, 4) is 0 Å². The third-order valence-electron chi connectivity index (χ3n) is 6.51. The molecule has 3 rings (SSSR count). The zero-order valence-corrected chi connectivity index (χ0v) is 22.5. The summed E-state index contributed by atoms with van der Waals surface area (Å²) in [5.74, 6) is -0.0922. The van der Waals surface area contributed by atoms with Crippen molar-refractivity contribution in [2.45, 2.75) is 72.3 Å². The number of rotatable bonds is 13. The monoisotopic (exact) mass is 525 g/mol. The number of carbonyl (C=O) groups excluding carboxylic acids is 2. The molecule has 1 amide bonds. The molecule has 7 nitrogen and oxygen atoms in total. The molecule has 37 heavy (non-hydrogen) atoms. The van der Waals surface area contributed by atoms with Gasteiger partial charge in [-0.1, -0.05) is 87.7 Å². The molecule has 8 heteroatoms. The number of imidazole rings is 1. The van der Waals surface area contributed by atoms with Crippen molar-refractivity contribution in [3.63, 3.8) is 0 Å². The van der Waals surface area contributed by atoms with Gasteiger partial charge in [0.05, 0.1) is 12.3 Å². The minimum atomic E-state index is -0.765. The Labute approximate surface area is 223 Å². The van der Waals surface area contributed by atoms with E-state index < -0.39 is 12.0 Å². The summed E-state index contributed by atoms with van der Waals surface area (Å²) in [5, 5.41) is 13.0. The van der Waals surface area contributed by atoms with Crippen molar-refractivity contribution in [1.29, 1.82) is 0 Å². The molecule has 3 aromatic rings. The number of aliphatic hydroxyl groups is 1. The zero-order chi connectivity index (χ0) is 26.8. The molecule has 0 aliphatic rings. The minimum Gasteiger partial charge on any atom is -0.459 e. The number of aliphatic hydroxyl groups excluding tert-OH is 1. The summed E-state index contributed by atoms with van der Waals surface area (Å²) in [6.07, 6.45) is 3.42. The summed E-state index contributed by atoms with van der Waals surface area (Å²) in [7, 11) is 0. The van der Waals surface area contributed by atoms with Crippen LogP contribution in [-0.4, -0.2) is 32.6 Å². The Balaban J connectivity index is 1.75. The summed E-state index contributed by atoms with van der Waals surface area (Å²) in [6.45, 7) is 6.35. The maximum absolute atomic E-state index is 13.2. The summed E-state index contributed by atoms with van der Waals surface area (Å²) in [4.78, 5) is 30.5. The summed E-state index contributed by atoms with van der Waals surface area (Å²) in [5.41, 5.74) is 2.74. The van der Waals surface area contributed by atoms with Gasteiger partial charge in [0, 0.05) is 18.5 Å². The number of halogens is 1. The van der Waals surface area contributed by atoms with Crippen molar-refractivity contribution in [2.75, 3.05) is 0 Å². The highest BCUT2D eigenvalue weighted by molar-refractivity contribution is 6.30. The van der Waals surface area contributed by atoms with Crippen molar-refractivity contribution in [1.82, 2.24) is 14.9 Å². The highest BCUT2D eigenvalue weighted by Gasteiger charge is 2.28. The van der Waals surface area contributed by atoms with E-state index in [-0.39, 0.29) is 25.0 Å². The van der Waals surface area contributed by atoms with Gasteiger partial charge in [0.2, 0.25) is 0 Å². The molecule has 1 aromatic heterocycles. The van der Waals surface area contributed by atoms with Crippen molar-refractivity contribution in [2.24, 2.45) is 5.92 Å². The molecule has 0 bridgehead atoms. The number of ether oxygens (including phenoxy) is 1. The number of amides is 1. The molecule has 0 radical (unpaired) electrons. The Hall–Kier alpha value is -3.16. The molecular formula is C29H36ClN3O4. The number of nitrogens with zero attached hydrogens (tertiary/aromatic N) is 2. The Morgan fingerprint density at radius 2 is 1.84 bits per heavy atom. The van der Waals surface area contributed by atoms with Gasteiger partial charge in [-0.2, -0.15) is 0 Å². The number of aromatic nitrogens is 2. The van der Waals surface area contributed by atoms with E-state index in [1.807, 2.05) is 54.8 Å². The SMILES string of the molecule is CCCCc1nc(Cl)c(CO)n1Cc1cccc(C(=O)N[C@H](C(=O)OCc2ccccc2)[C@@H](C)CC)c1. The van der Waals surface area contributed by atoms with Gasteiger partial charge in [-0.05, 0) is 35.6 Å². The molecule has 0 spiro atoms. The summed E-state index contributed by atoms with van der Waals surface area (Å²) >= 11 is 6.27. The lowest BCUT2D eigenvalue weighted by Crippen LogP contribution is -2.46. The first-order valence-electron chi connectivity index (χ1n) is 12.8. The fourth-order valence-electron chi connectivity index (χ4n) is 4.07. The molecule has 0 unspecified atom stereocenters. The van der Waals surface area contributed by atoms with E-state index in [4.69, 9.17) is 16.3 Å². The van der Waals surface area contributed by atoms with Gasteiger partial charge >= 0.3 is 5.97 Å². The molecule has 0 fully saturated rings. The first-order valence-corrected chi connectivity index (χ1v) is 13.2. The van der Waals surface area contributed by atoms with Gasteiger partial charge < -0.3 is 19.7 Å². The van der Waals surface area contributed by atoms with Crippen LogP contribution in [0.5, 0.6) is 0 Å². The fraction of sp³-hybridized carbons (Fsp3) is 0.414. The second-order valence-electron chi connectivity index (χ2n) is 9.24. The third kappa shape index (κ3) is 7.66. The van der Waals surface area contributed by atoms with Crippen LogP contribution in [0.15, 0.2) is 54.6 Å². The van der Waals surface area contributed by atoms with Gasteiger partial charge in [-0.25, -0.2) is 9.78 Å². The van der Waals surface area contributed by atoms with E-state index in [1.54, 1.807) is 18.2 Å². The maximum atomic E-state index is 13.2. The third-order valence-corrected chi connectivity index (χ3v) is 6.82. The van der Waals surface area contributed by atoms with E-state index in [0.717, 1.165) is 36.2 Å².